The van der Waals surface area contributed by atoms with E-state index in [0.717, 1.165) is 48.0 Å². The van der Waals surface area contributed by atoms with Crippen LogP contribution in [0.15, 0.2) is 48.5 Å². The first kappa shape index (κ1) is 18.1. The van der Waals surface area contributed by atoms with E-state index in [4.69, 9.17) is 10.7 Å². The van der Waals surface area contributed by atoms with Gasteiger partial charge in [-0.3, -0.25) is 0 Å². The third-order valence-corrected chi connectivity index (χ3v) is 4.91. The van der Waals surface area contributed by atoms with Crippen LogP contribution in [0.2, 0.25) is 0 Å². The van der Waals surface area contributed by atoms with Crippen LogP contribution >= 0.6 is 0 Å². The van der Waals surface area contributed by atoms with Gasteiger partial charge in [0.25, 0.3) is 0 Å². The van der Waals surface area contributed by atoms with Gasteiger partial charge in [-0.1, -0.05) is 38.1 Å². The molecule has 0 fully saturated rings. The number of fused-ring (bicyclic) bond motifs is 2. The minimum atomic E-state index is -0.0303. The number of para-hydroxylation sites is 4. The Bertz CT molecular complexity index is 1080. The summed E-state index contributed by atoms with van der Waals surface area (Å²) in [4.78, 5) is 9.34. The van der Waals surface area contributed by atoms with Crippen LogP contribution in [0.4, 0.5) is 0 Å². The van der Waals surface area contributed by atoms with Crippen molar-refractivity contribution in [3.63, 3.8) is 0 Å². The summed E-state index contributed by atoms with van der Waals surface area (Å²) in [5.74, 6) is 1.03. The maximum Gasteiger partial charge on any atom is 0.186 e. The first-order valence-electron chi connectivity index (χ1n) is 9.75. The van der Waals surface area contributed by atoms with Gasteiger partial charge in [0.05, 0.1) is 22.1 Å². The third kappa shape index (κ3) is 2.91. The predicted molar refractivity (Wildman–Crippen MR) is 114 cm³/mol. The van der Waals surface area contributed by atoms with Crippen LogP contribution in [0.25, 0.3) is 33.5 Å². The van der Waals surface area contributed by atoms with Crippen molar-refractivity contribution in [2.45, 2.75) is 39.8 Å². The van der Waals surface area contributed by atoms with E-state index in [0.29, 0.717) is 11.6 Å². The molecule has 2 aromatic carbocycles. The highest BCUT2D eigenvalue weighted by atomic mass is 16.3. The quantitative estimate of drug-likeness (QED) is 0.485. The topological polar surface area (TPSA) is 81.9 Å². The Balaban J connectivity index is 1.93. The normalized spacial score (nSPS) is 12.6. The molecule has 2 aromatic heterocycles. The molecule has 0 atom stereocenters. The van der Waals surface area contributed by atoms with Crippen LogP contribution in [0, 0.1) is 0 Å². The van der Waals surface area contributed by atoms with Gasteiger partial charge in [-0.05, 0) is 37.1 Å². The van der Waals surface area contributed by atoms with Crippen molar-refractivity contribution in [3.8, 4) is 0 Å². The van der Waals surface area contributed by atoms with Gasteiger partial charge in [-0.15, -0.1) is 0 Å². The van der Waals surface area contributed by atoms with Gasteiger partial charge in [0.15, 0.2) is 17.4 Å². The Morgan fingerprint density at radius 3 is 1.82 bits per heavy atom. The fourth-order valence-corrected chi connectivity index (χ4v) is 3.66. The first-order chi connectivity index (χ1) is 13.7. The van der Waals surface area contributed by atoms with E-state index in [1.807, 2.05) is 53.1 Å². The Labute approximate surface area is 163 Å². The molecule has 6 heteroatoms. The molecule has 0 unspecified atom stereocenters. The minimum Gasteiger partial charge on any atom is -0.503 e. The molecule has 0 bridgehead atoms. The average molecular weight is 375 g/mol. The van der Waals surface area contributed by atoms with E-state index in [1.165, 1.54) is 0 Å². The summed E-state index contributed by atoms with van der Waals surface area (Å²) in [7, 11) is 0. The van der Waals surface area contributed by atoms with Crippen LogP contribution in [-0.4, -0.2) is 24.2 Å². The standard InChI is InChI=1S/C22H25N5O/c1-3-13-26-17-11-7-5-9-15(17)24-21(26)19(23)20(28)22-25-16-10-6-8-12-18(16)27(22)14-4-2/h5-12,28H,3-4,13-14,23H2,1-2H3/b20-19+. The minimum absolute atomic E-state index is 0.0303. The van der Waals surface area contributed by atoms with Crippen molar-refractivity contribution in [2.24, 2.45) is 5.73 Å². The van der Waals surface area contributed by atoms with Gasteiger partial charge in [0.1, 0.15) is 5.70 Å². The molecule has 28 heavy (non-hydrogen) atoms. The lowest BCUT2D eigenvalue weighted by Gasteiger charge is -2.11. The monoisotopic (exact) mass is 375 g/mol. The lowest BCUT2D eigenvalue weighted by atomic mass is 10.3. The lowest BCUT2D eigenvalue weighted by molar-refractivity contribution is 0.496. The second-order valence-corrected chi connectivity index (χ2v) is 6.91. The molecule has 0 saturated carbocycles. The molecule has 144 valence electrons. The number of benzene rings is 2. The van der Waals surface area contributed by atoms with Crippen molar-refractivity contribution in [2.75, 3.05) is 0 Å². The fourth-order valence-electron chi connectivity index (χ4n) is 3.66. The zero-order valence-electron chi connectivity index (χ0n) is 16.3. The smallest absolute Gasteiger partial charge is 0.186 e. The summed E-state index contributed by atoms with van der Waals surface area (Å²) in [6, 6.07) is 15.8. The summed E-state index contributed by atoms with van der Waals surface area (Å²) in [6.07, 6.45) is 1.87. The van der Waals surface area contributed by atoms with Crippen LogP contribution < -0.4 is 5.73 Å². The number of hydrogen-bond donors (Lipinski definition) is 2. The SMILES string of the molecule is CCCn1c(/C(N)=C(\O)c2nc3ccccc3n2CCC)nc2ccccc21. The molecule has 2 heterocycles. The zero-order valence-corrected chi connectivity index (χ0v) is 16.3. The van der Waals surface area contributed by atoms with Gasteiger partial charge in [0, 0.05) is 13.1 Å². The van der Waals surface area contributed by atoms with E-state index < -0.39 is 0 Å². The number of aryl methyl sites for hydroxylation is 2. The maximum absolute atomic E-state index is 11.1. The van der Waals surface area contributed by atoms with Crippen molar-refractivity contribution < 1.29 is 5.11 Å². The number of imidazole rings is 2. The maximum atomic E-state index is 11.1. The molecule has 4 rings (SSSR count). The molecule has 0 aliphatic heterocycles. The van der Waals surface area contributed by atoms with Gasteiger partial charge >= 0.3 is 0 Å². The Kier molecular flexibility index (Phi) is 4.77. The number of nitrogens with two attached hydrogens (primary N) is 1. The first-order valence-corrected chi connectivity index (χ1v) is 9.75. The lowest BCUT2D eigenvalue weighted by Crippen LogP contribution is -2.12. The van der Waals surface area contributed by atoms with E-state index in [2.05, 4.69) is 23.4 Å². The average Bonchev–Trinajstić information content (AvgIpc) is 3.27. The molecular formula is C22H25N5O. The van der Waals surface area contributed by atoms with Crippen molar-refractivity contribution in [1.29, 1.82) is 0 Å². The van der Waals surface area contributed by atoms with Crippen LogP contribution in [0.1, 0.15) is 38.3 Å². The van der Waals surface area contributed by atoms with E-state index in [9.17, 15) is 5.11 Å². The molecule has 0 spiro atoms. The number of aliphatic hydroxyl groups excluding tert-OH is 1. The van der Waals surface area contributed by atoms with Gasteiger partial charge in [-0.2, -0.15) is 0 Å². The van der Waals surface area contributed by atoms with E-state index in [-0.39, 0.29) is 11.5 Å². The third-order valence-electron chi connectivity index (χ3n) is 4.91. The second kappa shape index (κ2) is 7.38. The number of hydrogen-bond acceptors (Lipinski definition) is 4. The van der Waals surface area contributed by atoms with Crippen LogP contribution in [0.3, 0.4) is 0 Å². The number of aliphatic hydroxyl groups is 1. The molecule has 3 N–H and O–H groups in total. The Morgan fingerprint density at radius 1 is 0.821 bits per heavy atom. The number of nitrogens with zero attached hydrogens (tertiary/aromatic N) is 4. The highest BCUT2D eigenvalue weighted by Crippen LogP contribution is 2.27. The van der Waals surface area contributed by atoms with Crippen LogP contribution in [-0.2, 0) is 13.1 Å². The van der Waals surface area contributed by atoms with Gasteiger partial charge in [0.2, 0.25) is 0 Å². The highest BCUT2D eigenvalue weighted by molar-refractivity contribution is 5.88. The highest BCUT2D eigenvalue weighted by Gasteiger charge is 2.20. The largest absolute Gasteiger partial charge is 0.503 e. The zero-order chi connectivity index (χ0) is 19.7. The number of aromatic nitrogens is 4. The van der Waals surface area contributed by atoms with Crippen molar-refractivity contribution in [3.05, 3.63) is 60.2 Å². The molecule has 4 aromatic rings. The Morgan fingerprint density at radius 2 is 1.29 bits per heavy atom. The fraction of sp³-hybridized carbons (Fsp3) is 0.273. The molecule has 0 saturated heterocycles. The number of rotatable bonds is 6. The van der Waals surface area contributed by atoms with Crippen LogP contribution in [0.5, 0.6) is 0 Å². The summed E-state index contributed by atoms with van der Waals surface area (Å²) >= 11 is 0. The molecule has 0 amide bonds. The summed E-state index contributed by atoms with van der Waals surface area (Å²) in [6.45, 7) is 5.73. The summed E-state index contributed by atoms with van der Waals surface area (Å²) < 4.78 is 4.08. The molecule has 0 aliphatic rings. The van der Waals surface area contributed by atoms with Crippen molar-refractivity contribution >= 4 is 33.5 Å². The predicted octanol–water partition coefficient (Wildman–Crippen LogP) is 4.55. The van der Waals surface area contributed by atoms with E-state index in [1.54, 1.807) is 0 Å². The Hall–Kier alpha value is -3.28. The molecular weight excluding hydrogens is 350 g/mol. The molecule has 0 radical (unpaired) electrons. The van der Waals surface area contributed by atoms with Gasteiger partial charge in [-0.25, -0.2) is 9.97 Å². The summed E-state index contributed by atoms with van der Waals surface area (Å²) in [5, 5.41) is 11.1. The van der Waals surface area contributed by atoms with Gasteiger partial charge < -0.3 is 20.0 Å². The summed E-state index contributed by atoms with van der Waals surface area (Å²) in [5.41, 5.74) is 10.4. The molecule has 6 nitrogen and oxygen atoms in total. The second-order valence-electron chi connectivity index (χ2n) is 6.91. The van der Waals surface area contributed by atoms with Crippen molar-refractivity contribution in [1.82, 2.24) is 19.1 Å². The molecule has 0 aliphatic carbocycles. The van der Waals surface area contributed by atoms with E-state index >= 15 is 0 Å².